The molecular weight excluding hydrogens is 224 g/mol. The molecule has 1 spiro atoms. The van der Waals surface area contributed by atoms with Crippen molar-refractivity contribution in [3.8, 4) is 0 Å². The Bertz CT molecular complexity index is 552. The van der Waals surface area contributed by atoms with Crippen LogP contribution >= 0.6 is 0 Å². The maximum absolute atomic E-state index is 11.3. The number of fused-ring (bicyclic) bond motifs is 2. The fraction of sp³-hybridized carbons (Fsp3) is 0.312. The zero-order valence-electron chi connectivity index (χ0n) is 10.6. The molecule has 0 radical (unpaired) electrons. The van der Waals surface area contributed by atoms with E-state index >= 15 is 0 Å². The average molecular weight is 240 g/mol. The van der Waals surface area contributed by atoms with Gasteiger partial charge in [-0.25, -0.2) is 0 Å². The van der Waals surface area contributed by atoms with Gasteiger partial charge in [-0.2, -0.15) is 0 Å². The van der Waals surface area contributed by atoms with Crippen molar-refractivity contribution in [1.29, 1.82) is 0 Å². The van der Waals surface area contributed by atoms with Crippen molar-refractivity contribution >= 4 is 5.78 Å². The summed E-state index contributed by atoms with van der Waals surface area (Å²) in [5, 5.41) is 0. The maximum Gasteiger partial charge on any atom is 0.178 e. The smallest absolute Gasteiger partial charge is 0.178 e. The van der Waals surface area contributed by atoms with Gasteiger partial charge in [-0.3, -0.25) is 4.79 Å². The summed E-state index contributed by atoms with van der Waals surface area (Å²) in [6, 6.07) is 8.33. The molecule has 0 bridgehead atoms. The monoisotopic (exact) mass is 240 g/mol. The predicted molar refractivity (Wildman–Crippen MR) is 70.4 cm³/mol. The van der Waals surface area contributed by atoms with E-state index in [1.54, 1.807) is 19.3 Å². The third-order valence-corrected chi connectivity index (χ3v) is 4.17. The van der Waals surface area contributed by atoms with Crippen molar-refractivity contribution in [2.24, 2.45) is 0 Å². The Kier molecular flexibility index (Phi) is 2.32. The number of carbonyl (C=O) groups is 1. The van der Waals surface area contributed by atoms with Crippen LogP contribution in [0.4, 0.5) is 0 Å². The van der Waals surface area contributed by atoms with Gasteiger partial charge in [-0.1, -0.05) is 36.4 Å². The van der Waals surface area contributed by atoms with E-state index in [4.69, 9.17) is 4.74 Å². The summed E-state index contributed by atoms with van der Waals surface area (Å²) < 4.78 is 5.73. The molecule has 3 rings (SSSR count). The molecule has 2 heteroatoms. The summed E-state index contributed by atoms with van der Waals surface area (Å²) in [6.45, 7) is 2.11. The molecule has 0 N–H and O–H groups in total. The van der Waals surface area contributed by atoms with Crippen LogP contribution < -0.4 is 0 Å². The summed E-state index contributed by atoms with van der Waals surface area (Å²) in [5.41, 5.74) is 1.99. The van der Waals surface area contributed by atoms with Gasteiger partial charge in [-0.05, 0) is 36.6 Å². The van der Waals surface area contributed by atoms with E-state index < -0.39 is 0 Å². The third kappa shape index (κ3) is 1.42. The van der Waals surface area contributed by atoms with Crippen LogP contribution in [-0.4, -0.2) is 12.9 Å². The molecule has 0 saturated heterocycles. The summed E-state index contributed by atoms with van der Waals surface area (Å²) in [5.74, 6) is 0.0594. The number of methoxy groups -OCH3 is 1. The van der Waals surface area contributed by atoms with Gasteiger partial charge in [0.1, 0.15) is 0 Å². The van der Waals surface area contributed by atoms with Crippen molar-refractivity contribution < 1.29 is 9.53 Å². The maximum atomic E-state index is 11.3. The number of carbonyl (C=O) groups excluding carboxylic acids is 1. The first-order valence-corrected chi connectivity index (χ1v) is 6.17. The molecule has 0 amide bonds. The highest BCUT2D eigenvalue weighted by atomic mass is 16.5. The Labute approximate surface area is 107 Å². The van der Waals surface area contributed by atoms with Crippen LogP contribution in [-0.2, 0) is 20.5 Å². The molecule has 2 nitrogen and oxygen atoms in total. The molecule has 1 unspecified atom stereocenters. The molecular formula is C16H16O2. The largest absolute Gasteiger partial charge is 0.374 e. The van der Waals surface area contributed by atoms with E-state index in [1.165, 1.54) is 11.1 Å². The molecule has 92 valence electrons. The van der Waals surface area contributed by atoms with Crippen LogP contribution in [0, 0.1) is 0 Å². The van der Waals surface area contributed by atoms with Crippen LogP contribution in [0.3, 0.4) is 0 Å². The van der Waals surface area contributed by atoms with Gasteiger partial charge in [0.15, 0.2) is 5.78 Å². The number of rotatable bonds is 1. The fourth-order valence-electron chi connectivity index (χ4n) is 3.15. The van der Waals surface area contributed by atoms with Gasteiger partial charge in [-0.15, -0.1) is 0 Å². The summed E-state index contributed by atoms with van der Waals surface area (Å²) >= 11 is 0. The van der Waals surface area contributed by atoms with Crippen LogP contribution in [0.2, 0.25) is 0 Å². The molecule has 0 fully saturated rings. The van der Waals surface area contributed by atoms with E-state index in [1.807, 2.05) is 24.3 Å². The van der Waals surface area contributed by atoms with E-state index in [0.29, 0.717) is 0 Å². The molecule has 18 heavy (non-hydrogen) atoms. The van der Waals surface area contributed by atoms with Gasteiger partial charge >= 0.3 is 0 Å². The Morgan fingerprint density at radius 3 is 2.33 bits per heavy atom. The van der Waals surface area contributed by atoms with Gasteiger partial charge in [0.2, 0.25) is 0 Å². The zero-order chi connectivity index (χ0) is 12.8. The van der Waals surface area contributed by atoms with Crippen molar-refractivity contribution in [1.82, 2.24) is 0 Å². The topological polar surface area (TPSA) is 26.3 Å². The first-order chi connectivity index (χ1) is 8.60. The number of ether oxygens (including phenoxy) is 1. The van der Waals surface area contributed by atoms with E-state index in [-0.39, 0.29) is 16.8 Å². The SMILES string of the molecule is COC1(C)CC2(C=CC(=O)C=C2)c2ccccc21. The number of hydrogen-bond acceptors (Lipinski definition) is 2. The van der Waals surface area contributed by atoms with Gasteiger partial charge in [0, 0.05) is 12.5 Å². The second-order valence-corrected chi connectivity index (χ2v) is 5.27. The van der Waals surface area contributed by atoms with Crippen molar-refractivity contribution in [3.05, 3.63) is 59.7 Å². The van der Waals surface area contributed by atoms with Crippen LogP contribution in [0.5, 0.6) is 0 Å². The minimum Gasteiger partial charge on any atom is -0.374 e. The Balaban J connectivity index is 2.19. The molecule has 1 aromatic rings. The van der Waals surface area contributed by atoms with Crippen molar-refractivity contribution in [2.45, 2.75) is 24.4 Å². The van der Waals surface area contributed by atoms with Gasteiger partial charge < -0.3 is 4.74 Å². The Morgan fingerprint density at radius 2 is 1.72 bits per heavy atom. The Morgan fingerprint density at radius 1 is 1.11 bits per heavy atom. The summed E-state index contributed by atoms with van der Waals surface area (Å²) in [6.07, 6.45) is 8.20. The molecule has 0 aliphatic heterocycles. The minimum atomic E-state index is -0.286. The normalized spacial score (nSPS) is 27.8. The third-order valence-electron chi connectivity index (χ3n) is 4.17. The highest BCUT2D eigenvalue weighted by Gasteiger charge is 2.48. The average Bonchev–Trinajstić information content (AvgIpc) is 2.65. The molecule has 0 saturated carbocycles. The molecule has 1 aromatic carbocycles. The lowest BCUT2D eigenvalue weighted by Gasteiger charge is -2.28. The van der Waals surface area contributed by atoms with E-state index in [9.17, 15) is 4.79 Å². The van der Waals surface area contributed by atoms with Crippen LogP contribution in [0.15, 0.2) is 48.6 Å². The molecule has 0 aromatic heterocycles. The molecule has 1 atom stereocenters. The van der Waals surface area contributed by atoms with Crippen LogP contribution in [0.1, 0.15) is 24.5 Å². The number of ketones is 1. The summed E-state index contributed by atoms with van der Waals surface area (Å²) in [4.78, 5) is 11.3. The number of hydrogen-bond donors (Lipinski definition) is 0. The fourth-order valence-corrected chi connectivity index (χ4v) is 3.15. The lowest BCUT2D eigenvalue weighted by molar-refractivity contribution is -0.110. The van der Waals surface area contributed by atoms with E-state index in [2.05, 4.69) is 19.1 Å². The van der Waals surface area contributed by atoms with Crippen molar-refractivity contribution in [3.63, 3.8) is 0 Å². The minimum absolute atomic E-state index is 0.0594. The van der Waals surface area contributed by atoms with Crippen LogP contribution in [0.25, 0.3) is 0 Å². The standard InChI is InChI=1S/C16H16O2/c1-15(18-2)11-16(9-7-12(17)8-10-16)14-6-4-3-5-13(14)15/h3-10H,11H2,1-2H3. The zero-order valence-corrected chi connectivity index (χ0v) is 10.6. The van der Waals surface area contributed by atoms with E-state index in [0.717, 1.165) is 6.42 Å². The van der Waals surface area contributed by atoms with Crippen molar-refractivity contribution in [2.75, 3.05) is 7.11 Å². The lowest BCUT2D eigenvalue weighted by atomic mass is 9.78. The molecule has 2 aliphatic rings. The van der Waals surface area contributed by atoms with Gasteiger partial charge in [0.25, 0.3) is 0 Å². The van der Waals surface area contributed by atoms with Gasteiger partial charge in [0.05, 0.1) is 5.60 Å². The molecule has 2 aliphatic carbocycles. The quantitative estimate of drug-likeness (QED) is 0.754. The number of allylic oxidation sites excluding steroid dienone is 4. The molecule has 0 heterocycles. The summed E-state index contributed by atoms with van der Waals surface area (Å²) in [7, 11) is 1.75. The number of benzene rings is 1. The predicted octanol–water partition coefficient (Wildman–Crippen LogP) is 2.88. The second kappa shape index (κ2) is 3.66. The highest BCUT2D eigenvalue weighted by Crippen LogP contribution is 2.52. The highest BCUT2D eigenvalue weighted by molar-refractivity contribution is 6.00. The second-order valence-electron chi connectivity index (χ2n) is 5.27. The first kappa shape index (κ1) is 11.4. The lowest BCUT2D eigenvalue weighted by Crippen LogP contribution is -2.26. The first-order valence-electron chi connectivity index (χ1n) is 6.17. The Hall–Kier alpha value is -1.67.